The number of nitrogens with zero attached hydrogens (tertiary/aromatic N) is 4. The number of rotatable bonds is 7. The number of aliphatic hydroxyl groups excluding tert-OH is 1. The van der Waals surface area contributed by atoms with Gasteiger partial charge in [0.05, 0.1) is 6.54 Å². The summed E-state index contributed by atoms with van der Waals surface area (Å²) in [5, 5.41) is 14.5. The Bertz CT molecular complexity index is 561. The van der Waals surface area contributed by atoms with Crippen molar-refractivity contribution in [3.05, 3.63) is 43.0 Å². The number of aromatic nitrogens is 3. The second-order valence-corrected chi connectivity index (χ2v) is 6.04. The summed E-state index contributed by atoms with van der Waals surface area (Å²) in [5.41, 5.74) is 0. The SMILES string of the molecule is OC(COc1ccccc1)CN1CCCCC1Cn1cncn1. The Morgan fingerprint density at radius 3 is 2.91 bits per heavy atom. The van der Waals surface area contributed by atoms with Gasteiger partial charge in [-0.1, -0.05) is 24.6 Å². The number of ether oxygens (including phenoxy) is 1. The quantitative estimate of drug-likeness (QED) is 0.840. The lowest BCUT2D eigenvalue weighted by atomic mass is 10.0. The van der Waals surface area contributed by atoms with Gasteiger partial charge in [-0.3, -0.25) is 9.58 Å². The van der Waals surface area contributed by atoms with Crippen molar-refractivity contribution in [1.82, 2.24) is 19.7 Å². The third-order valence-corrected chi connectivity index (χ3v) is 4.24. The van der Waals surface area contributed by atoms with Crippen LogP contribution < -0.4 is 4.74 Å². The summed E-state index contributed by atoms with van der Waals surface area (Å²) >= 11 is 0. The van der Waals surface area contributed by atoms with Crippen LogP contribution >= 0.6 is 0 Å². The Hall–Kier alpha value is -1.92. The van der Waals surface area contributed by atoms with Crippen LogP contribution in [0.5, 0.6) is 5.75 Å². The minimum absolute atomic E-state index is 0.316. The highest BCUT2D eigenvalue weighted by atomic mass is 16.5. The highest BCUT2D eigenvalue weighted by molar-refractivity contribution is 5.20. The van der Waals surface area contributed by atoms with E-state index in [4.69, 9.17) is 4.74 Å². The Balaban J connectivity index is 1.49. The molecule has 6 nitrogen and oxygen atoms in total. The molecule has 23 heavy (non-hydrogen) atoms. The van der Waals surface area contributed by atoms with Crippen LogP contribution in [-0.4, -0.2) is 56.6 Å². The summed E-state index contributed by atoms with van der Waals surface area (Å²) in [5.74, 6) is 0.796. The van der Waals surface area contributed by atoms with Crippen LogP contribution in [0.1, 0.15) is 19.3 Å². The van der Waals surface area contributed by atoms with E-state index in [2.05, 4.69) is 15.0 Å². The van der Waals surface area contributed by atoms with E-state index in [0.29, 0.717) is 19.2 Å². The molecule has 2 atom stereocenters. The molecular weight excluding hydrogens is 292 g/mol. The molecular formula is C17H24N4O2. The Kier molecular flexibility index (Phi) is 5.60. The van der Waals surface area contributed by atoms with Crippen LogP contribution in [0, 0.1) is 0 Å². The molecule has 0 spiro atoms. The maximum absolute atomic E-state index is 10.3. The molecule has 6 heteroatoms. The zero-order valence-corrected chi connectivity index (χ0v) is 13.3. The number of aliphatic hydroxyl groups is 1. The summed E-state index contributed by atoms with van der Waals surface area (Å²) in [6.07, 6.45) is 6.36. The first kappa shape index (κ1) is 16.0. The van der Waals surface area contributed by atoms with Crippen LogP contribution in [0.4, 0.5) is 0 Å². The minimum atomic E-state index is -0.494. The summed E-state index contributed by atoms with van der Waals surface area (Å²) < 4.78 is 7.52. The monoisotopic (exact) mass is 316 g/mol. The largest absolute Gasteiger partial charge is 0.491 e. The number of likely N-dealkylation sites (tertiary alicyclic amines) is 1. The molecule has 1 aliphatic heterocycles. The molecule has 0 amide bonds. The van der Waals surface area contributed by atoms with Gasteiger partial charge in [0.1, 0.15) is 31.1 Å². The summed E-state index contributed by atoms with van der Waals surface area (Å²) in [6, 6.07) is 10.0. The van der Waals surface area contributed by atoms with Crippen molar-refractivity contribution < 1.29 is 9.84 Å². The molecule has 0 bridgehead atoms. The lowest BCUT2D eigenvalue weighted by Gasteiger charge is -2.36. The Morgan fingerprint density at radius 1 is 1.26 bits per heavy atom. The molecule has 2 unspecified atom stereocenters. The normalized spacial score (nSPS) is 20.3. The maximum atomic E-state index is 10.3. The van der Waals surface area contributed by atoms with E-state index in [0.717, 1.165) is 25.3 Å². The van der Waals surface area contributed by atoms with Crippen molar-refractivity contribution in [3.8, 4) is 5.75 Å². The average Bonchev–Trinajstić information content (AvgIpc) is 3.09. The van der Waals surface area contributed by atoms with Gasteiger partial charge in [0.15, 0.2) is 0 Å². The molecule has 0 saturated carbocycles. The second-order valence-electron chi connectivity index (χ2n) is 6.04. The fourth-order valence-electron chi connectivity index (χ4n) is 3.08. The molecule has 2 aromatic rings. The highest BCUT2D eigenvalue weighted by Gasteiger charge is 2.25. The van der Waals surface area contributed by atoms with Gasteiger partial charge < -0.3 is 9.84 Å². The lowest BCUT2D eigenvalue weighted by molar-refractivity contribution is 0.0345. The Morgan fingerprint density at radius 2 is 2.13 bits per heavy atom. The van der Waals surface area contributed by atoms with Crippen molar-refractivity contribution >= 4 is 0 Å². The summed E-state index contributed by atoms with van der Waals surface area (Å²) in [7, 11) is 0. The van der Waals surface area contributed by atoms with Crippen molar-refractivity contribution in [3.63, 3.8) is 0 Å². The molecule has 1 fully saturated rings. The predicted molar refractivity (Wildman–Crippen MR) is 87.2 cm³/mol. The topological polar surface area (TPSA) is 63.4 Å². The van der Waals surface area contributed by atoms with E-state index in [-0.39, 0.29) is 0 Å². The number of benzene rings is 1. The van der Waals surface area contributed by atoms with E-state index < -0.39 is 6.10 Å². The maximum Gasteiger partial charge on any atom is 0.137 e. The Labute approximate surface area is 136 Å². The van der Waals surface area contributed by atoms with Crippen LogP contribution in [-0.2, 0) is 6.54 Å². The average molecular weight is 316 g/mol. The van der Waals surface area contributed by atoms with Gasteiger partial charge in [0, 0.05) is 12.6 Å². The molecule has 1 aromatic heterocycles. The number of hydrogen-bond donors (Lipinski definition) is 1. The van der Waals surface area contributed by atoms with E-state index in [9.17, 15) is 5.11 Å². The third kappa shape index (κ3) is 4.77. The summed E-state index contributed by atoms with van der Waals surface area (Å²) in [6.45, 7) is 2.79. The molecule has 1 saturated heterocycles. The molecule has 2 heterocycles. The van der Waals surface area contributed by atoms with Gasteiger partial charge in [-0.05, 0) is 31.5 Å². The van der Waals surface area contributed by atoms with Gasteiger partial charge in [-0.25, -0.2) is 4.98 Å². The predicted octanol–water partition coefficient (Wildman–Crippen LogP) is 1.57. The molecule has 0 radical (unpaired) electrons. The van der Waals surface area contributed by atoms with E-state index in [1.165, 1.54) is 12.8 Å². The first-order valence-corrected chi connectivity index (χ1v) is 8.23. The number of piperidine rings is 1. The lowest BCUT2D eigenvalue weighted by Crippen LogP contribution is -2.46. The van der Waals surface area contributed by atoms with Crippen molar-refractivity contribution in [2.45, 2.75) is 38.0 Å². The minimum Gasteiger partial charge on any atom is -0.491 e. The second kappa shape index (κ2) is 8.08. The van der Waals surface area contributed by atoms with Crippen LogP contribution in [0.3, 0.4) is 0 Å². The van der Waals surface area contributed by atoms with Crippen molar-refractivity contribution in [2.75, 3.05) is 19.7 Å². The third-order valence-electron chi connectivity index (χ3n) is 4.24. The molecule has 124 valence electrons. The zero-order valence-electron chi connectivity index (χ0n) is 13.3. The molecule has 3 rings (SSSR count). The number of para-hydroxylation sites is 1. The first-order chi connectivity index (χ1) is 11.3. The fraction of sp³-hybridized carbons (Fsp3) is 0.529. The summed E-state index contributed by atoms with van der Waals surface area (Å²) in [4.78, 5) is 6.35. The van der Waals surface area contributed by atoms with Crippen molar-refractivity contribution in [1.29, 1.82) is 0 Å². The van der Waals surface area contributed by atoms with Gasteiger partial charge in [0.25, 0.3) is 0 Å². The van der Waals surface area contributed by atoms with Gasteiger partial charge in [-0.2, -0.15) is 5.10 Å². The smallest absolute Gasteiger partial charge is 0.137 e. The van der Waals surface area contributed by atoms with E-state index >= 15 is 0 Å². The number of β-amino-alcohol motifs (C(OH)–C–C–N with tert-alkyl or cyclic N) is 1. The van der Waals surface area contributed by atoms with E-state index in [1.54, 1.807) is 12.7 Å². The highest BCUT2D eigenvalue weighted by Crippen LogP contribution is 2.19. The molecule has 0 aliphatic carbocycles. The van der Waals surface area contributed by atoms with Gasteiger partial charge >= 0.3 is 0 Å². The fourth-order valence-corrected chi connectivity index (χ4v) is 3.08. The van der Waals surface area contributed by atoms with Crippen LogP contribution in [0.15, 0.2) is 43.0 Å². The molecule has 1 aromatic carbocycles. The van der Waals surface area contributed by atoms with E-state index in [1.807, 2.05) is 35.0 Å². The first-order valence-electron chi connectivity index (χ1n) is 8.23. The standard InChI is InChI=1S/C17H24N4O2/c22-16(12-23-17-7-2-1-3-8-17)11-20-9-5-4-6-15(20)10-21-14-18-13-19-21/h1-3,7-8,13-16,22H,4-6,9-12H2. The van der Waals surface area contributed by atoms with Crippen LogP contribution in [0.25, 0.3) is 0 Å². The zero-order chi connectivity index (χ0) is 15.9. The number of hydrogen-bond acceptors (Lipinski definition) is 5. The van der Waals surface area contributed by atoms with Crippen molar-refractivity contribution in [2.24, 2.45) is 0 Å². The molecule has 1 aliphatic rings. The van der Waals surface area contributed by atoms with Gasteiger partial charge in [-0.15, -0.1) is 0 Å². The van der Waals surface area contributed by atoms with Crippen LogP contribution in [0.2, 0.25) is 0 Å². The van der Waals surface area contributed by atoms with Gasteiger partial charge in [0.2, 0.25) is 0 Å². The molecule has 1 N–H and O–H groups in total.